The summed E-state index contributed by atoms with van der Waals surface area (Å²) in [5, 5.41) is 0. The van der Waals surface area contributed by atoms with E-state index in [1.165, 1.54) is 38.5 Å². The maximum Gasteiger partial charge on any atom is 0.119 e. The van der Waals surface area contributed by atoms with E-state index in [2.05, 4.69) is 25.1 Å². The van der Waals surface area contributed by atoms with Gasteiger partial charge in [0.15, 0.2) is 0 Å². The molecule has 0 aliphatic heterocycles. The Morgan fingerprint density at radius 3 is 2.94 bits per heavy atom. The van der Waals surface area contributed by atoms with Crippen LogP contribution >= 0.6 is 0 Å². The molecule has 0 aromatic heterocycles. The van der Waals surface area contributed by atoms with Gasteiger partial charge in [0.2, 0.25) is 0 Å². The lowest BCUT2D eigenvalue weighted by Crippen LogP contribution is -2.23. The summed E-state index contributed by atoms with van der Waals surface area (Å²) < 4.78 is 5.65. The van der Waals surface area contributed by atoms with E-state index < -0.39 is 0 Å². The second-order valence-corrected chi connectivity index (χ2v) is 5.48. The van der Waals surface area contributed by atoms with Crippen molar-refractivity contribution in [1.82, 2.24) is 0 Å². The molecule has 0 saturated heterocycles. The zero-order valence-corrected chi connectivity index (χ0v) is 10.7. The van der Waals surface area contributed by atoms with Crippen LogP contribution in [0.1, 0.15) is 56.1 Å². The minimum Gasteiger partial charge on any atom is -0.494 e. The molecule has 92 valence electrons. The average Bonchev–Trinajstić information content (AvgIpc) is 2.39. The minimum atomic E-state index is 0.771. The van der Waals surface area contributed by atoms with Gasteiger partial charge in [-0.1, -0.05) is 18.9 Å². The van der Waals surface area contributed by atoms with Crippen LogP contribution in [0.2, 0.25) is 0 Å². The smallest absolute Gasteiger partial charge is 0.119 e. The monoisotopic (exact) mass is 230 g/mol. The van der Waals surface area contributed by atoms with E-state index in [1.807, 2.05) is 0 Å². The lowest BCUT2D eigenvalue weighted by atomic mass is 9.68. The van der Waals surface area contributed by atoms with Crippen molar-refractivity contribution in [3.05, 3.63) is 29.3 Å². The summed E-state index contributed by atoms with van der Waals surface area (Å²) in [7, 11) is 0. The first-order valence-corrected chi connectivity index (χ1v) is 7.14. The maximum atomic E-state index is 5.65. The first-order valence-electron chi connectivity index (χ1n) is 7.14. The summed E-state index contributed by atoms with van der Waals surface area (Å²) in [5.41, 5.74) is 3.18. The van der Waals surface area contributed by atoms with Crippen molar-refractivity contribution >= 4 is 0 Å². The van der Waals surface area contributed by atoms with E-state index in [4.69, 9.17) is 4.74 Å². The van der Waals surface area contributed by atoms with Crippen molar-refractivity contribution < 1.29 is 4.74 Å². The summed E-state index contributed by atoms with van der Waals surface area (Å²) in [4.78, 5) is 0. The fourth-order valence-corrected chi connectivity index (χ4v) is 3.71. The molecule has 0 heterocycles. The van der Waals surface area contributed by atoms with Crippen LogP contribution in [0.15, 0.2) is 18.2 Å². The number of benzene rings is 1. The standard InChI is InChI=1S/C16H22O/c1-2-17-14-10-9-13-8-7-12-5-3-4-6-15(12)16(13)11-14/h9-12,15H,2-8H2,1H3. The highest BCUT2D eigenvalue weighted by molar-refractivity contribution is 5.40. The molecule has 2 unspecified atom stereocenters. The Morgan fingerprint density at radius 2 is 2.06 bits per heavy atom. The molecule has 0 N–H and O–H groups in total. The number of hydrogen-bond donors (Lipinski definition) is 0. The van der Waals surface area contributed by atoms with Crippen LogP contribution in [0.4, 0.5) is 0 Å². The van der Waals surface area contributed by atoms with Gasteiger partial charge in [-0.05, 0) is 67.7 Å². The van der Waals surface area contributed by atoms with Gasteiger partial charge in [0, 0.05) is 0 Å². The molecule has 0 spiro atoms. The normalized spacial score (nSPS) is 27.1. The average molecular weight is 230 g/mol. The second kappa shape index (κ2) is 4.72. The lowest BCUT2D eigenvalue weighted by Gasteiger charge is -2.37. The van der Waals surface area contributed by atoms with E-state index in [0.29, 0.717) is 0 Å². The third-order valence-corrected chi connectivity index (χ3v) is 4.52. The van der Waals surface area contributed by atoms with Gasteiger partial charge in [0.1, 0.15) is 5.75 Å². The molecule has 1 fully saturated rings. The van der Waals surface area contributed by atoms with E-state index >= 15 is 0 Å². The Kier molecular flexibility index (Phi) is 3.09. The van der Waals surface area contributed by atoms with Crippen LogP contribution in [-0.2, 0) is 6.42 Å². The Bertz CT molecular complexity index is 397. The van der Waals surface area contributed by atoms with Crippen LogP contribution in [0.5, 0.6) is 5.75 Å². The molecule has 3 rings (SSSR count). The van der Waals surface area contributed by atoms with Crippen LogP contribution in [0, 0.1) is 5.92 Å². The number of fused-ring (bicyclic) bond motifs is 3. The summed E-state index contributed by atoms with van der Waals surface area (Å²) in [6.07, 6.45) is 8.39. The Balaban J connectivity index is 1.93. The first kappa shape index (κ1) is 11.1. The summed E-state index contributed by atoms with van der Waals surface area (Å²) in [6, 6.07) is 6.76. The highest BCUT2D eigenvalue weighted by Gasteiger charge is 2.31. The quantitative estimate of drug-likeness (QED) is 0.735. The molecule has 0 radical (unpaired) electrons. The van der Waals surface area contributed by atoms with Crippen molar-refractivity contribution in [3.8, 4) is 5.75 Å². The van der Waals surface area contributed by atoms with Crippen LogP contribution < -0.4 is 4.74 Å². The highest BCUT2D eigenvalue weighted by atomic mass is 16.5. The van der Waals surface area contributed by atoms with Crippen LogP contribution in [0.3, 0.4) is 0 Å². The summed E-state index contributed by atoms with van der Waals surface area (Å²) in [5.74, 6) is 2.85. The van der Waals surface area contributed by atoms with Crippen molar-refractivity contribution in [1.29, 1.82) is 0 Å². The van der Waals surface area contributed by atoms with Gasteiger partial charge in [-0.3, -0.25) is 0 Å². The van der Waals surface area contributed by atoms with Crippen LogP contribution in [0.25, 0.3) is 0 Å². The lowest BCUT2D eigenvalue weighted by molar-refractivity contribution is 0.273. The molecular formula is C16H22O. The zero-order chi connectivity index (χ0) is 11.7. The zero-order valence-electron chi connectivity index (χ0n) is 10.7. The molecule has 1 saturated carbocycles. The largest absolute Gasteiger partial charge is 0.494 e. The Hall–Kier alpha value is -0.980. The van der Waals surface area contributed by atoms with E-state index in [0.717, 1.165) is 24.2 Å². The SMILES string of the molecule is CCOc1ccc2c(c1)C1CCCCC1CC2. The summed E-state index contributed by atoms with van der Waals surface area (Å²) >= 11 is 0. The molecule has 17 heavy (non-hydrogen) atoms. The number of ether oxygens (including phenoxy) is 1. The number of aryl methyl sites for hydroxylation is 1. The Morgan fingerprint density at radius 1 is 1.18 bits per heavy atom. The molecule has 1 aromatic rings. The van der Waals surface area contributed by atoms with Crippen molar-refractivity contribution in [2.45, 2.75) is 51.4 Å². The minimum absolute atomic E-state index is 0.771. The molecule has 2 aliphatic rings. The van der Waals surface area contributed by atoms with Crippen molar-refractivity contribution in [3.63, 3.8) is 0 Å². The molecule has 1 aromatic carbocycles. The van der Waals surface area contributed by atoms with Gasteiger partial charge in [0.05, 0.1) is 6.61 Å². The fourth-order valence-electron chi connectivity index (χ4n) is 3.71. The van der Waals surface area contributed by atoms with E-state index in [-0.39, 0.29) is 0 Å². The third-order valence-electron chi connectivity index (χ3n) is 4.52. The van der Waals surface area contributed by atoms with Gasteiger partial charge in [-0.2, -0.15) is 0 Å². The first-order chi connectivity index (χ1) is 8.38. The topological polar surface area (TPSA) is 9.23 Å². The second-order valence-electron chi connectivity index (χ2n) is 5.48. The van der Waals surface area contributed by atoms with E-state index in [9.17, 15) is 0 Å². The van der Waals surface area contributed by atoms with Gasteiger partial charge in [0.25, 0.3) is 0 Å². The van der Waals surface area contributed by atoms with Gasteiger partial charge < -0.3 is 4.74 Å². The number of rotatable bonds is 2. The predicted octanol–water partition coefficient (Wildman–Crippen LogP) is 4.31. The highest BCUT2D eigenvalue weighted by Crippen LogP contribution is 2.45. The molecule has 1 nitrogen and oxygen atoms in total. The third kappa shape index (κ3) is 2.08. The van der Waals surface area contributed by atoms with Gasteiger partial charge in [-0.25, -0.2) is 0 Å². The molecule has 0 amide bonds. The number of hydrogen-bond acceptors (Lipinski definition) is 1. The molecule has 0 bridgehead atoms. The van der Waals surface area contributed by atoms with Crippen molar-refractivity contribution in [2.75, 3.05) is 6.61 Å². The molecule has 2 aliphatic carbocycles. The predicted molar refractivity (Wildman–Crippen MR) is 70.6 cm³/mol. The van der Waals surface area contributed by atoms with Gasteiger partial charge >= 0.3 is 0 Å². The Labute approximate surface area is 104 Å². The maximum absolute atomic E-state index is 5.65. The fraction of sp³-hybridized carbons (Fsp3) is 0.625. The molecular weight excluding hydrogens is 208 g/mol. The van der Waals surface area contributed by atoms with Crippen LogP contribution in [-0.4, -0.2) is 6.61 Å². The van der Waals surface area contributed by atoms with E-state index in [1.54, 1.807) is 11.1 Å². The molecule has 1 heteroatoms. The summed E-state index contributed by atoms with van der Waals surface area (Å²) in [6.45, 7) is 2.83. The van der Waals surface area contributed by atoms with Crippen molar-refractivity contribution in [2.24, 2.45) is 5.92 Å². The molecule has 2 atom stereocenters. The van der Waals surface area contributed by atoms with Gasteiger partial charge in [-0.15, -0.1) is 0 Å².